The molecule has 1 amide bonds. The lowest BCUT2D eigenvalue weighted by Gasteiger charge is -2.10. The molecule has 0 aliphatic rings. The second kappa shape index (κ2) is 5.97. The van der Waals surface area contributed by atoms with Gasteiger partial charge in [0, 0.05) is 4.47 Å². The first-order chi connectivity index (χ1) is 9.88. The van der Waals surface area contributed by atoms with Crippen LogP contribution >= 0.6 is 15.9 Å². The van der Waals surface area contributed by atoms with Gasteiger partial charge in [0.2, 0.25) is 0 Å². The number of aromatic hydroxyl groups is 1. The number of benzene rings is 2. The average Bonchev–Trinajstić information content (AvgIpc) is 2.43. The highest BCUT2D eigenvalue weighted by atomic mass is 79.9. The molecule has 0 spiro atoms. The number of hydrogen-bond donors (Lipinski definition) is 3. The van der Waals surface area contributed by atoms with Gasteiger partial charge >= 0.3 is 5.97 Å². The van der Waals surface area contributed by atoms with Crippen molar-refractivity contribution in [2.75, 3.05) is 5.32 Å². The van der Waals surface area contributed by atoms with E-state index in [1.807, 2.05) is 0 Å². The molecule has 0 aliphatic heterocycles. The van der Waals surface area contributed by atoms with Crippen molar-refractivity contribution in [1.29, 1.82) is 0 Å². The van der Waals surface area contributed by atoms with Crippen LogP contribution in [-0.4, -0.2) is 22.1 Å². The minimum absolute atomic E-state index is 0.0372. The molecule has 0 aromatic heterocycles. The summed E-state index contributed by atoms with van der Waals surface area (Å²) in [5, 5.41) is 21.4. The minimum atomic E-state index is -1.15. The van der Waals surface area contributed by atoms with E-state index in [-0.39, 0.29) is 22.6 Å². The van der Waals surface area contributed by atoms with Crippen molar-refractivity contribution in [3.05, 3.63) is 57.6 Å². The van der Waals surface area contributed by atoms with Crippen LogP contribution in [0.4, 0.5) is 5.69 Å². The summed E-state index contributed by atoms with van der Waals surface area (Å²) in [7, 11) is 0. The quantitative estimate of drug-likeness (QED) is 0.792. The zero-order chi connectivity index (χ0) is 15.6. The van der Waals surface area contributed by atoms with Crippen molar-refractivity contribution in [1.82, 2.24) is 0 Å². The van der Waals surface area contributed by atoms with E-state index in [0.717, 1.165) is 5.56 Å². The van der Waals surface area contributed by atoms with Gasteiger partial charge in [-0.3, -0.25) is 4.79 Å². The Hall–Kier alpha value is -2.34. The number of aryl methyl sites for hydroxylation is 1. The second-order valence-electron chi connectivity index (χ2n) is 4.47. The molecule has 2 aromatic rings. The van der Waals surface area contributed by atoms with Gasteiger partial charge in [-0.1, -0.05) is 27.6 Å². The molecule has 5 nitrogen and oxygen atoms in total. The van der Waals surface area contributed by atoms with E-state index in [1.54, 1.807) is 19.1 Å². The smallest absolute Gasteiger partial charge is 0.337 e. The zero-order valence-corrected chi connectivity index (χ0v) is 12.6. The van der Waals surface area contributed by atoms with Crippen LogP contribution in [0.15, 0.2) is 40.9 Å². The van der Waals surface area contributed by atoms with E-state index in [0.29, 0.717) is 4.47 Å². The van der Waals surface area contributed by atoms with E-state index < -0.39 is 11.9 Å². The molecule has 0 radical (unpaired) electrons. The molecule has 2 aromatic carbocycles. The molecule has 0 unspecified atom stereocenters. The van der Waals surface area contributed by atoms with Crippen molar-refractivity contribution in [3.8, 4) is 5.75 Å². The second-order valence-corrected chi connectivity index (χ2v) is 5.39. The van der Waals surface area contributed by atoms with E-state index in [4.69, 9.17) is 5.11 Å². The van der Waals surface area contributed by atoms with Crippen LogP contribution in [0.2, 0.25) is 0 Å². The molecule has 0 heterocycles. The number of aromatic carboxylic acids is 1. The molecule has 0 saturated carbocycles. The summed E-state index contributed by atoms with van der Waals surface area (Å²) < 4.78 is 0.594. The number of nitrogens with one attached hydrogen (secondary N) is 1. The molecular formula is C15H12BrNO4. The summed E-state index contributed by atoms with van der Waals surface area (Å²) in [4.78, 5) is 23.4. The summed E-state index contributed by atoms with van der Waals surface area (Å²) in [6, 6.07) is 9.13. The van der Waals surface area contributed by atoms with E-state index in [9.17, 15) is 14.7 Å². The highest BCUT2D eigenvalue weighted by Gasteiger charge is 2.16. The topological polar surface area (TPSA) is 86.6 Å². The number of carbonyl (C=O) groups is 2. The normalized spacial score (nSPS) is 10.2. The fraction of sp³-hybridized carbons (Fsp3) is 0.0667. The van der Waals surface area contributed by atoms with Crippen molar-refractivity contribution in [3.63, 3.8) is 0 Å². The maximum absolute atomic E-state index is 12.2. The molecule has 0 aliphatic carbocycles. The third-order valence-electron chi connectivity index (χ3n) is 2.86. The van der Waals surface area contributed by atoms with Crippen molar-refractivity contribution in [2.45, 2.75) is 6.92 Å². The fourth-order valence-corrected chi connectivity index (χ4v) is 2.18. The fourth-order valence-electron chi connectivity index (χ4n) is 1.82. The molecule has 6 heteroatoms. The zero-order valence-electron chi connectivity index (χ0n) is 11.1. The summed E-state index contributed by atoms with van der Waals surface area (Å²) in [6.07, 6.45) is 0. The molecule has 0 fully saturated rings. The number of anilines is 1. The van der Waals surface area contributed by atoms with Crippen LogP contribution in [0.1, 0.15) is 26.3 Å². The van der Waals surface area contributed by atoms with Crippen LogP contribution in [0.5, 0.6) is 5.75 Å². The number of halogens is 1. The summed E-state index contributed by atoms with van der Waals surface area (Å²) in [5.74, 6) is -1.88. The van der Waals surface area contributed by atoms with E-state index >= 15 is 0 Å². The van der Waals surface area contributed by atoms with Gasteiger partial charge in [-0.05, 0) is 37.3 Å². The third kappa shape index (κ3) is 3.41. The van der Waals surface area contributed by atoms with Crippen molar-refractivity contribution in [2.24, 2.45) is 0 Å². The lowest BCUT2D eigenvalue weighted by Crippen LogP contribution is -2.15. The molecule has 21 heavy (non-hydrogen) atoms. The Morgan fingerprint density at radius 3 is 2.48 bits per heavy atom. The molecular weight excluding hydrogens is 338 g/mol. The van der Waals surface area contributed by atoms with Crippen LogP contribution in [-0.2, 0) is 0 Å². The van der Waals surface area contributed by atoms with Gasteiger partial charge in [-0.15, -0.1) is 0 Å². The number of amides is 1. The first-order valence-corrected chi connectivity index (χ1v) is 6.81. The van der Waals surface area contributed by atoms with Crippen molar-refractivity contribution >= 4 is 33.5 Å². The van der Waals surface area contributed by atoms with Gasteiger partial charge < -0.3 is 15.5 Å². The van der Waals surface area contributed by atoms with Crippen molar-refractivity contribution < 1.29 is 19.8 Å². The Morgan fingerprint density at radius 2 is 1.81 bits per heavy atom. The summed E-state index contributed by atoms with van der Waals surface area (Å²) in [5.41, 5.74) is 1.03. The Kier molecular flexibility index (Phi) is 4.28. The lowest BCUT2D eigenvalue weighted by molar-refractivity contribution is 0.0698. The Bertz CT molecular complexity index is 728. The average molecular weight is 350 g/mol. The maximum Gasteiger partial charge on any atom is 0.337 e. The molecule has 0 saturated heterocycles. The predicted molar refractivity (Wildman–Crippen MR) is 81.9 cm³/mol. The molecule has 2 rings (SSSR count). The van der Waals surface area contributed by atoms with E-state index in [1.165, 1.54) is 24.3 Å². The number of phenolic OH excluding ortho intramolecular Hbond substituents is 1. The standard InChI is InChI=1S/C15H12BrNO4/c1-8-2-5-13(18)11(6-8)14(19)17-12-4-3-9(16)7-10(12)15(20)21/h2-7,18H,1H3,(H,17,19)(H,20,21). The number of rotatable bonds is 3. The van der Waals surface area contributed by atoms with Crippen LogP contribution in [0.3, 0.4) is 0 Å². The SMILES string of the molecule is Cc1ccc(O)c(C(=O)Nc2ccc(Br)cc2C(=O)O)c1. The summed E-state index contributed by atoms with van der Waals surface area (Å²) in [6.45, 7) is 1.79. The van der Waals surface area contributed by atoms with Gasteiger partial charge in [-0.2, -0.15) is 0 Å². The van der Waals surface area contributed by atoms with Gasteiger partial charge in [0.1, 0.15) is 5.75 Å². The number of phenols is 1. The highest BCUT2D eigenvalue weighted by Crippen LogP contribution is 2.24. The first kappa shape index (κ1) is 15.1. The Morgan fingerprint density at radius 1 is 1.10 bits per heavy atom. The highest BCUT2D eigenvalue weighted by molar-refractivity contribution is 9.10. The van der Waals surface area contributed by atoms with Gasteiger partial charge in [-0.25, -0.2) is 4.79 Å². The molecule has 0 atom stereocenters. The number of carbonyl (C=O) groups excluding carboxylic acids is 1. The number of carboxylic acid groups (broad SMARTS) is 1. The first-order valence-electron chi connectivity index (χ1n) is 6.02. The van der Waals surface area contributed by atoms with E-state index in [2.05, 4.69) is 21.2 Å². The predicted octanol–water partition coefficient (Wildman–Crippen LogP) is 3.41. The Labute approximate surface area is 129 Å². The van der Waals surface area contributed by atoms with Crippen LogP contribution in [0.25, 0.3) is 0 Å². The van der Waals surface area contributed by atoms with Gasteiger partial charge in [0.15, 0.2) is 0 Å². The summed E-state index contributed by atoms with van der Waals surface area (Å²) >= 11 is 3.18. The molecule has 0 bridgehead atoms. The molecule has 3 N–H and O–H groups in total. The largest absolute Gasteiger partial charge is 0.507 e. The van der Waals surface area contributed by atoms with Crippen LogP contribution in [0, 0.1) is 6.92 Å². The maximum atomic E-state index is 12.2. The number of hydrogen-bond acceptors (Lipinski definition) is 3. The third-order valence-corrected chi connectivity index (χ3v) is 3.35. The number of carboxylic acids is 1. The Balaban J connectivity index is 2.36. The van der Waals surface area contributed by atoms with Crippen LogP contribution < -0.4 is 5.32 Å². The van der Waals surface area contributed by atoms with Gasteiger partial charge in [0.25, 0.3) is 5.91 Å². The van der Waals surface area contributed by atoms with Gasteiger partial charge in [0.05, 0.1) is 16.8 Å². The molecule has 108 valence electrons. The lowest BCUT2D eigenvalue weighted by atomic mass is 10.1. The monoisotopic (exact) mass is 349 g/mol. The minimum Gasteiger partial charge on any atom is -0.507 e.